The van der Waals surface area contributed by atoms with E-state index in [4.69, 9.17) is 0 Å². The molecule has 6 nitrogen and oxygen atoms in total. The van der Waals surface area contributed by atoms with Crippen LogP contribution in [0.15, 0.2) is 72.8 Å². The Kier molecular flexibility index (Phi) is 5.17. The van der Waals surface area contributed by atoms with E-state index in [2.05, 4.69) is 20.9 Å². The van der Waals surface area contributed by atoms with Crippen molar-refractivity contribution in [2.45, 2.75) is 0 Å². The quantitative estimate of drug-likeness (QED) is 0.428. The Morgan fingerprint density at radius 2 is 1.52 bits per heavy atom. The van der Waals surface area contributed by atoms with E-state index in [1.54, 1.807) is 42.5 Å². The molecular formula is C21H15FN4O2S. The smallest absolute Gasteiger partial charge is 0.308 e. The van der Waals surface area contributed by atoms with E-state index < -0.39 is 6.03 Å². The number of hydrogen-bond acceptors (Lipinski definition) is 4. The molecule has 1 heterocycles. The predicted octanol–water partition coefficient (Wildman–Crippen LogP) is 5.33. The summed E-state index contributed by atoms with van der Waals surface area (Å²) in [4.78, 5) is 28.8. The normalized spacial score (nSPS) is 10.5. The van der Waals surface area contributed by atoms with Crippen LogP contribution in [0.2, 0.25) is 0 Å². The monoisotopic (exact) mass is 406 g/mol. The van der Waals surface area contributed by atoms with Crippen LogP contribution >= 0.6 is 11.3 Å². The fourth-order valence-electron chi connectivity index (χ4n) is 2.64. The van der Waals surface area contributed by atoms with Gasteiger partial charge < -0.3 is 10.6 Å². The summed E-state index contributed by atoms with van der Waals surface area (Å²) >= 11 is 1.31. The summed E-state index contributed by atoms with van der Waals surface area (Å²) in [6.07, 6.45) is 0. The van der Waals surface area contributed by atoms with E-state index in [0.29, 0.717) is 27.6 Å². The minimum Gasteiger partial charge on any atom is -0.308 e. The molecule has 3 amide bonds. The van der Waals surface area contributed by atoms with Crippen molar-refractivity contribution < 1.29 is 14.0 Å². The van der Waals surface area contributed by atoms with E-state index in [0.717, 1.165) is 4.70 Å². The number of nitrogens with zero attached hydrogens (tertiary/aromatic N) is 1. The molecule has 3 N–H and O–H groups in total. The largest absolute Gasteiger partial charge is 0.323 e. The Balaban J connectivity index is 1.44. The number of hydrogen-bond donors (Lipinski definition) is 3. The fourth-order valence-corrected chi connectivity index (χ4v) is 3.54. The summed E-state index contributed by atoms with van der Waals surface area (Å²) in [6, 6.07) is 19.2. The second-order valence-electron chi connectivity index (χ2n) is 6.11. The summed E-state index contributed by atoms with van der Waals surface area (Å²) in [6.45, 7) is 0. The maximum absolute atomic E-state index is 12.9. The van der Waals surface area contributed by atoms with Gasteiger partial charge in [0, 0.05) is 16.9 Å². The van der Waals surface area contributed by atoms with E-state index >= 15 is 0 Å². The minimum absolute atomic E-state index is 0.235. The topological polar surface area (TPSA) is 83.1 Å². The van der Waals surface area contributed by atoms with Gasteiger partial charge in [-0.2, -0.15) is 0 Å². The average molecular weight is 406 g/mol. The molecule has 29 heavy (non-hydrogen) atoms. The highest BCUT2D eigenvalue weighted by Crippen LogP contribution is 2.28. The molecule has 0 radical (unpaired) electrons. The van der Waals surface area contributed by atoms with E-state index in [9.17, 15) is 14.0 Å². The lowest BCUT2D eigenvalue weighted by Gasteiger charge is -2.07. The molecular weight excluding hydrogens is 391 g/mol. The van der Waals surface area contributed by atoms with Gasteiger partial charge in [0.05, 0.1) is 10.2 Å². The number of thiazole rings is 1. The lowest BCUT2D eigenvalue weighted by Crippen LogP contribution is -2.19. The average Bonchev–Trinajstić information content (AvgIpc) is 3.12. The molecule has 8 heteroatoms. The maximum Gasteiger partial charge on any atom is 0.323 e. The lowest BCUT2D eigenvalue weighted by molar-refractivity contribution is 0.102. The molecule has 4 aromatic rings. The number of aromatic nitrogens is 1. The van der Waals surface area contributed by atoms with Crippen molar-refractivity contribution in [2.24, 2.45) is 0 Å². The van der Waals surface area contributed by atoms with Gasteiger partial charge >= 0.3 is 6.03 Å². The number of halogens is 1. The number of nitrogens with one attached hydrogen (secondary N) is 3. The van der Waals surface area contributed by atoms with Gasteiger partial charge in [-0.3, -0.25) is 10.1 Å². The maximum atomic E-state index is 12.9. The van der Waals surface area contributed by atoms with Crippen LogP contribution < -0.4 is 16.0 Å². The van der Waals surface area contributed by atoms with Crippen LogP contribution in [0.3, 0.4) is 0 Å². The number of rotatable bonds is 4. The van der Waals surface area contributed by atoms with Crippen molar-refractivity contribution in [3.63, 3.8) is 0 Å². The Morgan fingerprint density at radius 3 is 2.28 bits per heavy atom. The third-order valence-corrected chi connectivity index (χ3v) is 4.94. The van der Waals surface area contributed by atoms with E-state index in [1.807, 2.05) is 6.07 Å². The summed E-state index contributed by atoms with van der Waals surface area (Å²) < 4.78 is 13.8. The molecule has 144 valence electrons. The van der Waals surface area contributed by atoms with Crippen molar-refractivity contribution in [2.75, 3.05) is 16.0 Å². The molecule has 0 aliphatic carbocycles. The molecule has 4 rings (SSSR count). The van der Waals surface area contributed by atoms with Gasteiger partial charge in [-0.25, -0.2) is 14.2 Å². The van der Waals surface area contributed by atoms with Gasteiger partial charge in [0.25, 0.3) is 5.91 Å². The van der Waals surface area contributed by atoms with Crippen molar-refractivity contribution >= 4 is 50.0 Å². The van der Waals surface area contributed by atoms with E-state index in [1.165, 1.54) is 35.6 Å². The first-order valence-electron chi connectivity index (χ1n) is 8.67. The van der Waals surface area contributed by atoms with Crippen molar-refractivity contribution in [1.29, 1.82) is 0 Å². The zero-order chi connectivity index (χ0) is 20.2. The van der Waals surface area contributed by atoms with Gasteiger partial charge in [-0.05, 0) is 54.6 Å². The molecule has 0 spiro atoms. The molecule has 0 unspecified atom stereocenters. The molecule has 0 bridgehead atoms. The van der Waals surface area contributed by atoms with Crippen molar-refractivity contribution in [3.05, 3.63) is 84.2 Å². The Hall–Kier alpha value is -3.78. The fraction of sp³-hybridized carbons (Fsp3) is 0. The van der Waals surface area contributed by atoms with Crippen molar-refractivity contribution in [1.82, 2.24) is 4.98 Å². The zero-order valence-electron chi connectivity index (χ0n) is 15.0. The summed E-state index contributed by atoms with van der Waals surface area (Å²) in [5.41, 5.74) is 2.31. The Bertz CT molecular complexity index is 1180. The lowest BCUT2D eigenvalue weighted by atomic mass is 10.2. The molecule has 1 aromatic heterocycles. The zero-order valence-corrected chi connectivity index (χ0v) is 15.8. The highest BCUT2D eigenvalue weighted by molar-refractivity contribution is 7.22. The second-order valence-corrected chi connectivity index (χ2v) is 7.14. The standard InChI is InChI=1S/C21H15FN4O2S/c22-14-6-8-15(9-7-14)23-20(28)24-16-10-11-17-18(12-16)29-21(25-17)26-19(27)13-4-2-1-3-5-13/h1-12H,(H2,23,24,28)(H,25,26,27). The highest BCUT2D eigenvalue weighted by Gasteiger charge is 2.11. The van der Waals surface area contributed by atoms with E-state index in [-0.39, 0.29) is 11.7 Å². The van der Waals surface area contributed by atoms with Crippen molar-refractivity contribution in [3.8, 4) is 0 Å². The van der Waals surface area contributed by atoms with Gasteiger partial charge in [0.1, 0.15) is 5.82 Å². The highest BCUT2D eigenvalue weighted by atomic mass is 32.1. The summed E-state index contributed by atoms with van der Waals surface area (Å²) in [5.74, 6) is -0.608. The third-order valence-electron chi connectivity index (χ3n) is 4.00. The van der Waals surface area contributed by atoms with Crippen LogP contribution in [-0.4, -0.2) is 16.9 Å². The molecule has 0 aliphatic heterocycles. The van der Waals surface area contributed by atoms with Crippen LogP contribution in [0, 0.1) is 5.82 Å². The third kappa shape index (κ3) is 4.56. The van der Waals surface area contributed by atoms with Crippen LogP contribution in [0.4, 0.5) is 25.7 Å². The first-order chi connectivity index (χ1) is 14.1. The molecule has 0 atom stereocenters. The van der Waals surface area contributed by atoms with Crippen LogP contribution in [0.5, 0.6) is 0 Å². The second kappa shape index (κ2) is 8.07. The van der Waals surface area contributed by atoms with Gasteiger partial charge in [0.2, 0.25) is 0 Å². The summed E-state index contributed by atoms with van der Waals surface area (Å²) in [5, 5.41) is 8.61. The number of anilines is 3. The SMILES string of the molecule is O=C(Nc1ccc(F)cc1)Nc1ccc2nc(NC(=O)c3ccccc3)sc2c1. The Morgan fingerprint density at radius 1 is 0.828 bits per heavy atom. The molecule has 0 fully saturated rings. The first kappa shape index (κ1) is 18.6. The number of amides is 3. The number of carbonyl (C=O) groups is 2. The van der Waals surface area contributed by atoms with Crippen LogP contribution in [0.1, 0.15) is 10.4 Å². The minimum atomic E-state index is -0.446. The molecule has 3 aromatic carbocycles. The van der Waals surface area contributed by atoms with Gasteiger partial charge in [-0.1, -0.05) is 29.5 Å². The van der Waals surface area contributed by atoms with Gasteiger partial charge in [0.15, 0.2) is 5.13 Å². The molecule has 0 saturated heterocycles. The molecule has 0 saturated carbocycles. The van der Waals surface area contributed by atoms with Gasteiger partial charge in [-0.15, -0.1) is 0 Å². The number of carbonyl (C=O) groups excluding carboxylic acids is 2. The predicted molar refractivity (Wildman–Crippen MR) is 113 cm³/mol. The first-order valence-corrected chi connectivity index (χ1v) is 9.49. The Labute approximate surface area is 169 Å². The molecule has 0 aliphatic rings. The van der Waals surface area contributed by atoms with Crippen LogP contribution in [-0.2, 0) is 0 Å². The van der Waals surface area contributed by atoms with Crippen LogP contribution in [0.25, 0.3) is 10.2 Å². The summed E-state index contributed by atoms with van der Waals surface area (Å²) in [7, 11) is 0. The number of benzene rings is 3. The number of fused-ring (bicyclic) bond motifs is 1. The number of urea groups is 1.